The Balaban J connectivity index is 1.19. The molecule has 2 fully saturated rings. The first kappa shape index (κ1) is 24.2. The normalized spacial score (nSPS) is 20.3. The van der Waals surface area contributed by atoms with Crippen LogP contribution in [-0.2, 0) is 0 Å². The van der Waals surface area contributed by atoms with Crippen molar-refractivity contribution in [2.75, 3.05) is 38.5 Å². The van der Waals surface area contributed by atoms with Gasteiger partial charge >= 0.3 is 0 Å². The number of nitrogens with zero attached hydrogens (tertiary/aromatic N) is 4. The fraction of sp³-hybridized carbons (Fsp3) is 0.360. The van der Waals surface area contributed by atoms with Gasteiger partial charge in [-0.1, -0.05) is 48.0 Å². The van der Waals surface area contributed by atoms with Crippen LogP contribution in [0.2, 0.25) is 5.02 Å². The molecule has 2 amide bonds. The lowest BCUT2D eigenvalue weighted by atomic mass is 10.0. The average Bonchev–Trinajstić information content (AvgIpc) is 3.57. The van der Waals surface area contributed by atoms with Gasteiger partial charge in [0.2, 0.25) is 11.8 Å². The summed E-state index contributed by atoms with van der Waals surface area (Å²) in [5.41, 5.74) is 6.48. The second kappa shape index (κ2) is 10.2. The minimum atomic E-state index is -0.590. The summed E-state index contributed by atoms with van der Waals surface area (Å²) < 4.78 is 14.2. The molecule has 2 aliphatic rings. The van der Waals surface area contributed by atoms with Crippen LogP contribution in [0.25, 0.3) is 0 Å². The summed E-state index contributed by atoms with van der Waals surface area (Å²) in [5, 5.41) is 9.44. The first-order valence-corrected chi connectivity index (χ1v) is 12.3. The molecule has 0 radical (unpaired) electrons. The third kappa shape index (κ3) is 5.05. The number of aromatic amines is 1. The van der Waals surface area contributed by atoms with Crippen LogP contribution in [0.1, 0.15) is 39.0 Å². The van der Waals surface area contributed by atoms with Crippen molar-refractivity contribution in [3.63, 3.8) is 0 Å². The lowest BCUT2D eigenvalue weighted by Gasteiger charge is -2.25. The van der Waals surface area contributed by atoms with Crippen molar-refractivity contribution in [1.82, 2.24) is 30.3 Å². The van der Waals surface area contributed by atoms with Crippen LogP contribution < -0.4 is 11.1 Å². The van der Waals surface area contributed by atoms with Crippen LogP contribution in [0.5, 0.6) is 0 Å². The highest BCUT2D eigenvalue weighted by Gasteiger charge is 2.42. The fourth-order valence-corrected chi connectivity index (χ4v) is 5.46. The van der Waals surface area contributed by atoms with E-state index < -0.39 is 5.82 Å². The number of rotatable bonds is 7. The molecule has 9 nitrogen and oxygen atoms in total. The second-order valence-corrected chi connectivity index (χ2v) is 9.76. The number of nitrogen functional groups attached to an aromatic ring is 1. The molecule has 2 saturated heterocycles. The number of benzene rings is 2. The molecule has 2 unspecified atom stereocenters. The van der Waals surface area contributed by atoms with Gasteiger partial charge in [-0.3, -0.25) is 14.7 Å². The van der Waals surface area contributed by atoms with Crippen LogP contribution in [0, 0.1) is 17.7 Å². The molecule has 188 valence electrons. The number of aromatic nitrogens is 3. The Bertz CT molecular complexity index is 1220. The maximum Gasteiger partial charge on any atom is 0.289 e. The summed E-state index contributed by atoms with van der Waals surface area (Å²) in [6.07, 6.45) is 0.701. The standard InChI is InChI=1S/C25H27ClFN7O2/c26-18-7-4-8-19(27)21(18)24(36)34-13-16-11-33(12-17(16)14-34)10-9-20(15-5-2-1-3-6-15)29-23(35)22-30-25(28)32-31-22/h1-8,16-17,20H,9-14H2,(H,29,35)(H3,28,30,31,32)/t16?,17?,20-/m0/s1. The van der Waals surface area contributed by atoms with E-state index in [1.165, 1.54) is 18.2 Å². The van der Waals surface area contributed by atoms with Gasteiger partial charge in [-0.15, -0.1) is 5.10 Å². The molecule has 2 aliphatic heterocycles. The Morgan fingerprint density at radius 3 is 2.47 bits per heavy atom. The lowest BCUT2D eigenvalue weighted by Crippen LogP contribution is -2.35. The minimum Gasteiger partial charge on any atom is -0.366 e. The van der Waals surface area contributed by atoms with Crippen molar-refractivity contribution in [3.05, 3.63) is 76.3 Å². The molecular weight excluding hydrogens is 485 g/mol. The Labute approximate surface area is 212 Å². The molecule has 2 aromatic carbocycles. The quantitative estimate of drug-likeness (QED) is 0.448. The van der Waals surface area contributed by atoms with E-state index in [1.54, 1.807) is 4.90 Å². The van der Waals surface area contributed by atoms with Crippen molar-refractivity contribution in [1.29, 1.82) is 0 Å². The van der Waals surface area contributed by atoms with Gasteiger partial charge in [-0.25, -0.2) is 4.39 Å². The number of H-pyrrole nitrogens is 1. The highest BCUT2D eigenvalue weighted by atomic mass is 35.5. The zero-order chi connectivity index (χ0) is 25.2. The number of carbonyl (C=O) groups excluding carboxylic acids is 2. The van der Waals surface area contributed by atoms with Gasteiger partial charge in [0.25, 0.3) is 11.8 Å². The smallest absolute Gasteiger partial charge is 0.289 e. The van der Waals surface area contributed by atoms with Crippen molar-refractivity contribution < 1.29 is 14.0 Å². The van der Waals surface area contributed by atoms with Gasteiger partial charge in [-0.05, 0) is 36.0 Å². The first-order valence-electron chi connectivity index (χ1n) is 11.9. The predicted octanol–water partition coefficient (Wildman–Crippen LogP) is 2.74. The third-order valence-electron chi connectivity index (χ3n) is 6.98. The summed E-state index contributed by atoms with van der Waals surface area (Å²) in [6.45, 7) is 3.62. The Hall–Kier alpha value is -3.50. The van der Waals surface area contributed by atoms with Crippen LogP contribution in [0.3, 0.4) is 0 Å². The highest BCUT2D eigenvalue weighted by Crippen LogP contribution is 2.33. The SMILES string of the molecule is Nc1n[nH]c(C(=O)N[C@@H](CCN2CC3CN(C(=O)c4c(F)cccc4Cl)CC3C2)c2ccccc2)n1. The maximum absolute atomic E-state index is 14.2. The van der Waals surface area contributed by atoms with Crippen molar-refractivity contribution in [3.8, 4) is 0 Å². The van der Waals surface area contributed by atoms with Gasteiger partial charge in [0.1, 0.15) is 5.82 Å². The predicted molar refractivity (Wildman–Crippen MR) is 133 cm³/mol. The minimum absolute atomic E-state index is 0.0183. The Kier molecular flexibility index (Phi) is 6.88. The number of nitrogens with two attached hydrogens (primary N) is 1. The topological polar surface area (TPSA) is 120 Å². The molecule has 5 rings (SSSR count). The number of carbonyl (C=O) groups is 2. The molecule has 0 spiro atoms. The number of amides is 2. The molecule has 0 aliphatic carbocycles. The van der Waals surface area contributed by atoms with E-state index >= 15 is 0 Å². The molecule has 0 saturated carbocycles. The molecule has 0 bridgehead atoms. The highest BCUT2D eigenvalue weighted by molar-refractivity contribution is 6.33. The average molecular weight is 512 g/mol. The van der Waals surface area contributed by atoms with Crippen LogP contribution in [-0.4, -0.2) is 69.5 Å². The molecule has 36 heavy (non-hydrogen) atoms. The van der Waals surface area contributed by atoms with Crippen molar-refractivity contribution in [2.24, 2.45) is 11.8 Å². The fourth-order valence-electron chi connectivity index (χ4n) is 5.22. The molecule has 3 atom stereocenters. The van der Waals surface area contributed by atoms with Gasteiger partial charge < -0.3 is 20.9 Å². The maximum atomic E-state index is 14.2. The van der Waals surface area contributed by atoms with E-state index in [4.69, 9.17) is 17.3 Å². The van der Waals surface area contributed by atoms with E-state index in [0.29, 0.717) is 31.3 Å². The number of fused-ring (bicyclic) bond motifs is 1. The Morgan fingerprint density at radius 2 is 1.83 bits per heavy atom. The number of likely N-dealkylation sites (tertiary alicyclic amines) is 2. The van der Waals surface area contributed by atoms with Crippen LogP contribution in [0.15, 0.2) is 48.5 Å². The zero-order valence-corrected chi connectivity index (χ0v) is 20.3. The first-order chi connectivity index (χ1) is 17.4. The van der Waals surface area contributed by atoms with Crippen molar-refractivity contribution in [2.45, 2.75) is 12.5 Å². The van der Waals surface area contributed by atoms with Gasteiger partial charge in [0, 0.05) is 32.7 Å². The lowest BCUT2D eigenvalue weighted by molar-refractivity contribution is 0.0769. The summed E-state index contributed by atoms with van der Waals surface area (Å²) in [7, 11) is 0. The molecule has 11 heteroatoms. The molecule has 1 aromatic heterocycles. The molecule has 3 heterocycles. The molecule has 4 N–H and O–H groups in total. The number of halogens is 2. The largest absolute Gasteiger partial charge is 0.366 e. The summed E-state index contributed by atoms with van der Waals surface area (Å²) in [6, 6.07) is 13.9. The monoisotopic (exact) mass is 511 g/mol. The van der Waals surface area contributed by atoms with Gasteiger partial charge in [-0.2, -0.15) is 4.98 Å². The molecular formula is C25H27ClFN7O2. The van der Waals surface area contributed by atoms with Gasteiger partial charge in [0.05, 0.1) is 16.6 Å². The summed E-state index contributed by atoms with van der Waals surface area (Å²) in [4.78, 5) is 33.6. The Morgan fingerprint density at radius 1 is 1.11 bits per heavy atom. The van der Waals surface area contributed by atoms with E-state index in [0.717, 1.165) is 25.2 Å². The number of hydrogen-bond donors (Lipinski definition) is 3. The van der Waals surface area contributed by atoms with E-state index in [2.05, 4.69) is 25.4 Å². The number of anilines is 1. The number of nitrogens with one attached hydrogen (secondary N) is 2. The van der Waals surface area contributed by atoms with Crippen LogP contribution in [0.4, 0.5) is 10.3 Å². The molecule has 3 aromatic rings. The summed E-state index contributed by atoms with van der Waals surface area (Å²) >= 11 is 6.10. The van der Waals surface area contributed by atoms with E-state index in [-0.39, 0.29) is 40.2 Å². The van der Waals surface area contributed by atoms with Crippen molar-refractivity contribution >= 4 is 29.4 Å². The van der Waals surface area contributed by atoms with Crippen LogP contribution >= 0.6 is 11.6 Å². The summed E-state index contributed by atoms with van der Waals surface area (Å²) in [5.74, 6) is -0.573. The second-order valence-electron chi connectivity index (χ2n) is 9.35. The van der Waals surface area contributed by atoms with E-state index in [1.807, 2.05) is 30.3 Å². The van der Waals surface area contributed by atoms with Gasteiger partial charge in [0.15, 0.2) is 0 Å². The van der Waals surface area contributed by atoms with E-state index in [9.17, 15) is 14.0 Å². The zero-order valence-electron chi connectivity index (χ0n) is 19.5. The third-order valence-corrected chi connectivity index (χ3v) is 7.30. The number of hydrogen-bond acceptors (Lipinski definition) is 6.